The lowest BCUT2D eigenvalue weighted by molar-refractivity contribution is 0.628. The van der Waals surface area contributed by atoms with E-state index in [9.17, 15) is 4.39 Å². The van der Waals surface area contributed by atoms with Crippen LogP contribution in [0.1, 0.15) is 24.4 Å². The van der Waals surface area contributed by atoms with Crippen LogP contribution in [0.25, 0.3) is 22.0 Å². The minimum atomic E-state index is -0.322. The van der Waals surface area contributed by atoms with Gasteiger partial charge >= 0.3 is 0 Å². The number of nitrogens with one attached hydrogen (secondary N) is 3. The molecule has 0 fully saturated rings. The van der Waals surface area contributed by atoms with Gasteiger partial charge in [0.1, 0.15) is 21.7 Å². The number of pyridine rings is 1. The van der Waals surface area contributed by atoms with E-state index in [0.29, 0.717) is 27.8 Å². The minimum absolute atomic E-state index is 0.322. The van der Waals surface area contributed by atoms with Crippen LogP contribution < -0.4 is 5.32 Å². The normalized spacial score (nSPS) is 10.2. The lowest BCUT2D eigenvalue weighted by atomic mass is 10.1. The second kappa shape index (κ2) is 9.16. The third-order valence-corrected chi connectivity index (χ3v) is 4.72. The molecule has 0 saturated carbocycles. The number of anilines is 2. The lowest BCUT2D eigenvalue weighted by Crippen LogP contribution is -2.03. The molecule has 0 aliphatic rings. The molecular formula is C20H20FN7S. The Kier molecular flexibility index (Phi) is 6.40. The zero-order chi connectivity index (χ0) is 20.8. The summed E-state index contributed by atoms with van der Waals surface area (Å²) in [6, 6.07) is 9.61. The fourth-order valence-electron chi connectivity index (χ4n) is 2.59. The Labute approximate surface area is 171 Å². The van der Waals surface area contributed by atoms with E-state index in [-0.39, 0.29) is 5.82 Å². The average molecular weight is 409 g/mol. The molecule has 0 bridgehead atoms. The highest BCUT2D eigenvalue weighted by molar-refractivity contribution is 7.14. The highest BCUT2D eigenvalue weighted by Crippen LogP contribution is 2.33. The molecule has 148 valence electrons. The maximum absolute atomic E-state index is 13.2. The van der Waals surface area contributed by atoms with E-state index in [1.165, 1.54) is 29.7 Å². The summed E-state index contributed by atoms with van der Waals surface area (Å²) in [5.41, 5.74) is 3.34. The van der Waals surface area contributed by atoms with Gasteiger partial charge in [0.25, 0.3) is 0 Å². The Morgan fingerprint density at radius 3 is 2.48 bits per heavy atom. The van der Waals surface area contributed by atoms with Crippen molar-refractivity contribution < 1.29 is 4.39 Å². The molecule has 3 aromatic heterocycles. The van der Waals surface area contributed by atoms with Gasteiger partial charge in [-0.1, -0.05) is 25.2 Å². The first kappa shape index (κ1) is 20.3. The molecule has 4 aromatic rings. The van der Waals surface area contributed by atoms with Crippen molar-refractivity contribution in [2.75, 3.05) is 5.32 Å². The van der Waals surface area contributed by atoms with E-state index in [1.807, 2.05) is 32.9 Å². The van der Waals surface area contributed by atoms with E-state index in [2.05, 4.69) is 30.7 Å². The van der Waals surface area contributed by atoms with Crippen LogP contribution in [-0.4, -0.2) is 31.6 Å². The summed E-state index contributed by atoms with van der Waals surface area (Å²) in [5, 5.41) is 27.7. The zero-order valence-electron chi connectivity index (χ0n) is 16.2. The molecule has 3 N–H and O–H groups in total. The standard InChI is InChI=1S/C18H14FN7S.C2H6/c1-10-24-26-18(27-10)13-8-16(15-6-7-21-25-15)23-17(14(13)9-20)22-12-4-2-11(19)3-5-12;1-2/h2-9,20H,1H3,(H,21,25)(H,22,23);1-2H3. The summed E-state index contributed by atoms with van der Waals surface area (Å²) in [4.78, 5) is 4.63. The second-order valence-corrected chi connectivity index (χ2v) is 6.87. The zero-order valence-corrected chi connectivity index (χ0v) is 17.0. The summed E-state index contributed by atoms with van der Waals surface area (Å²) in [6.07, 6.45) is 2.87. The van der Waals surface area contributed by atoms with Crippen LogP contribution in [0.4, 0.5) is 15.9 Å². The fraction of sp³-hybridized carbons (Fsp3) is 0.150. The SMILES string of the molecule is CC.Cc1nnc(-c2cc(-c3ccn[nH]3)nc(Nc3ccc(F)cc3)c2C=N)s1. The second-order valence-electron chi connectivity index (χ2n) is 5.69. The number of benzene rings is 1. The third-order valence-electron chi connectivity index (χ3n) is 3.84. The number of rotatable bonds is 5. The molecule has 7 nitrogen and oxygen atoms in total. The molecule has 0 amide bonds. The van der Waals surface area contributed by atoms with E-state index in [0.717, 1.165) is 16.3 Å². The molecule has 4 rings (SSSR count). The first-order chi connectivity index (χ1) is 14.1. The molecule has 9 heteroatoms. The fourth-order valence-corrected chi connectivity index (χ4v) is 3.31. The summed E-state index contributed by atoms with van der Waals surface area (Å²) < 4.78 is 13.2. The van der Waals surface area contributed by atoms with Crippen molar-refractivity contribution in [2.24, 2.45) is 0 Å². The van der Waals surface area contributed by atoms with Gasteiger partial charge in [-0.05, 0) is 43.3 Å². The molecule has 0 unspecified atom stereocenters. The van der Waals surface area contributed by atoms with E-state index in [1.54, 1.807) is 18.3 Å². The van der Waals surface area contributed by atoms with E-state index < -0.39 is 0 Å². The van der Waals surface area contributed by atoms with Gasteiger partial charge in [0, 0.05) is 29.2 Å². The van der Waals surface area contributed by atoms with Crippen molar-refractivity contribution >= 4 is 29.1 Å². The van der Waals surface area contributed by atoms with Crippen molar-refractivity contribution in [3.63, 3.8) is 0 Å². The van der Waals surface area contributed by atoms with Crippen molar-refractivity contribution in [1.82, 2.24) is 25.4 Å². The number of H-pyrrole nitrogens is 1. The van der Waals surface area contributed by atoms with Gasteiger partial charge in [-0.2, -0.15) is 5.10 Å². The van der Waals surface area contributed by atoms with Crippen LogP contribution in [0.3, 0.4) is 0 Å². The highest BCUT2D eigenvalue weighted by Gasteiger charge is 2.17. The molecular weight excluding hydrogens is 389 g/mol. The topological polar surface area (TPSA) is 103 Å². The smallest absolute Gasteiger partial charge is 0.148 e. The number of hydrogen-bond donors (Lipinski definition) is 3. The third kappa shape index (κ3) is 4.52. The maximum Gasteiger partial charge on any atom is 0.148 e. The van der Waals surface area contributed by atoms with Gasteiger partial charge in [-0.25, -0.2) is 9.37 Å². The molecule has 0 saturated heterocycles. The number of nitrogens with zero attached hydrogens (tertiary/aromatic N) is 4. The number of aryl methyl sites for hydroxylation is 1. The van der Waals surface area contributed by atoms with Gasteiger partial charge in [0.15, 0.2) is 0 Å². The molecule has 0 spiro atoms. The molecule has 0 atom stereocenters. The molecule has 0 aliphatic heterocycles. The Bertz CT molecular complexity index is 1090. The van der Waals surface area contributed by atoms with E-state index in [4.69, 9.17) is 5.41 Å². The molecule has 0 radical (unpaired) electrons. The summed E-state index contributed by atoms with van der Waals surface area (Å²) >= 11 is 1.44. The van der Waals surface area contributed by atoms with Crippen LogP contribution in [0, 0.1) is 18.2 Å². The van der Waals surface area contributed by atoms with Crippen LogP contribution in [0.5, 0.6) is 0 Å². The Balaban J connectivity index is 0.00000117. The minimum Gasteiger partial charge on any atom is -0.340 e. The summed E-state index contributed by atoms with van der Waals surface area (Å²) in [5.74, 6) is 0.142. The number of aromatic amines is 1. The van der Waals surface area contributed by atoms with Crippen molar-refractivity contribution in [3.8, 4) is 22.0 Å². The van der Waals surface area contributed by atoms with Crippen LogP contribution in [0.15, 0.2) is 42.6 Å². The summed E-state index contributed by atoms with van der Waals surface area (Å²) in [7, 11) is 0. The largest absolute Gasteiger partial charge is 0.340 e. The Morgan fingerprint density at radius 2 is 1.90 bits per heavy atom. The van der Waals surface area contributed by atoms with Crippen LogP contribution >= 0.6 is 11.3 Å². The van der Waals surface area contributed by atoms with E-state index >= 15 is 0 Å². The van der Waals surface area contributed by atoms with Crippen molar-refractivity contribution in [1.29, 1.82) is 5.41 Å². The van der Waals surface area contributed by atoms with Crippen LogP contribution in [-0.2, 0) is 0 Å². The number of aromatic nitrogens is 5. The van der Waals surface area contributed by atoms with Crippen LogP contribution in [0.2, 0.25) is 0 Å². The highest BCUT2D eigenvalue weighted by atomic mass is 32.1. The van der Waals surface area contributed by atoms with Gasteiger partial charge in [-0.3, -0.25) is 5.10 Å². The molecule has 0 aliphatic carbocycles. The number of hydrogen-bond acceptors (Lipinski definition) is 7. The molecule has 3 heterocycles. The van der Waals surface area contributed by atoms with Gasteiger partial charge in [0.05, 0.1) is 11.4 Å². The predicted octanol–water partition coefficient (Wildman–Crippen LogP) is 5.21. The monoisotopic (exact) mass is 409 g/mol. The first-order valence-electron chi connectivity index (χ1n) is 9.02. The van der Waals surface area contributed by atoms with Crippen molar-refractivity contribution in [3.05, 3.63) is 59.0 Å². The maximum atomic E-state index is 13.2. The van der Waals surface area contributed by atoms with Gasteiger partial charge in [-0.15, -0.1) is 10.2 Å². The predicted molar refractivity (Wildman–Crippen MR) is 114 cm³/mol. The number of halogens is 1. The summed E-state index contributed by atoms with van der Waals surface area (Å²) in [6.45, 7) is 5.87. The Morgan fingerprint density at radius 1 is 1.14 bits per heavy atom. The van der Waals surface area contributed by atoms with Crippen molar-refractivity contribution in [2.45, 2.75) is 20.8 Å². The van der Waals surface area contributed by atoms with Gasteiger partial charge < -0.3 is 10.7 Å². The Hall–Kier alpha value is -3.46. The lowest BCUT2D eigenvalue weighted by Gasteiger charge is -2.13. The van der Waals surface area contributed by atoms with Gasteiger partial charge in [0.2, 0.25) is 0 Å². The average Bonchev–Trinajstić information content (AvgIpc) is 3.43. The first-order valence-corrected chi connectivity index (χ1v) is 9.84. The quantitative estimate of drug-likeness (QED) is 0.393. The molecule has 1 aromatic carbocycles. The molecule has 29 heavy (non-hydrogen) atoms.